The number of nitrogens with one attached hydrogen (secondary N) is 2. The fourth-order valence-corrected chi connectivity index (χ4v) is 3.03. The molecule has 2 N–H and O–H groups in total. The number of guanidine groups is 1. The zero-order valence-corrected chi connectivity index (χ0v) is 17.9. The zero-order valence-electron chi connectivity index (χ0n) is 17.9. The lowest BCUT2D eigenvalue weighted by Crippen LogP contribution is -2.39. The molecule has 1 fully saturated rings. The average molecular weight is 391 g/mol. The molecular formula is C22H38N4O2. The summed E-state index contributed by atoms with van der Waals surface area (Å²) in [6.07, 6.45) is 1.11. The summed E-state index contributed by atoms with van der Waals surface area (Å²) in [7, 11) is 0. The molecule has 0 saturated carbocycles. The van der Waals surface area contributed by atoms with Gasteiger partial charge in [-0.05, 0) is 30.4 Å². The molecule has 0 spiro atoms. The second-order valence-electron chi connectivity index (χ2n) is 7.57. The van der Waals surface area contributed by atoms with Gasteiger partial charge in [0.15, 0.2) is 5.96 Å². The van der Waals surface area contributed by atoms with Crippen LogP contribution in [0.4, 0.5) is 0 Å². The minimum absolute atomic E-state index is 0.671. The highest BCUT2D eigenvalue weighted by atomic mass is 16.5. The van der Waals surface area contributed by atoms with Gasteiger partial charge in [-0.15, -0.1) is 0 Å². The Morgan fingerprint density at radius 3 is 2.61 bits per heavy atom. The lowest BCUT2D eigenvalue weighted by molar-refractivity contribution is 0.0341. The third-order valence-electron chi connectivity index (χ3n) is 4.75. The Bertz CT molecular complexity index is 571. The van der Waals surface area contributed by atoms with Crippen molar-refractivity contribution in [1.29, 1.82) is 0 Å². The minimum atomic E-state index is 0.671. The van der Waals surface area contributed by atoms with Gasteiger partial charge in [0, 0.05) is 39.3 Å². The number of aliphatic imine (C=N–C) groups is 1. The van der Waals surface area contributed by atoms with Crippen LogP contribution in [0.1, 0.15) is 38.3 Å². The Kier molecular flexibility index (Phi) is 10.9. The molecule has 0 amide bonds. The molecule has 0 radical (unpaired) electrons. The summed E-state index contributed by atoms with van der Waals surface area (Å²) in [6, 6.07) is 8.60. The van der Waals surface area contributed by atoms with Crippen molar-refractivity contribution in [2.45, 2.75) is 40.3 Å². The Labute approximate surface area is 170 Å². The maximum Gasteiger partial charge on any atom is 0.191 e. The van der Waals surface area contributed by atoms with E-state index in [4.69, 9.17) is 14.5 Å². The number of benzene rings is 1. The number of ether oxygens (including phenoxy) is 2. The summed E-state index contributed by atoms with van der Waals surface area (Å²) in [4.78, 5) is 7.23. The Morgan fingerprint density at radius 1 is 1.14 bits per heavy atom. The quantitative estimate of drug-likeness (QED) is 0.346. The van der Waals surface area contributed by atoms with E-state index in [0.717, 1.165) is 64.9 Å². The molecule has 158 valence electrons. The van der Waals surface area contributed by atoms with E-state index in [0.29, 0.717) is 19.1 Å². The summed E-state index contributed by atoms with van der Waals surface area (Å²) in [5, 5.41) is 6.69. The van der Waals surface area contributed by atoms with Gasteiger partial charge in [-0.25, -0.2) is 4.99 Å². The molecule has 1 aromatic carbocycles. The lowest BCUT2D eigenvalue weighted by Gasteiger charge is -2.27. The van der Waals surface area contributed by atoms with Gasteiger partial charge in [-0.1, -0.05) is 38.1 Å². The number of hydrogen-bond acceptors (Lipinski definition) is 4. The highest BCUT2D eigenvalue weighted by Crippen LogP contribution is 2.14. The van der Waals surface area contributed by atoms with Crippen molar-refractivity contribution >= 4 is 5.96 Å². The molecule has 0 atom stereocenters. The lowest BCUT2D eigenvalue weighted by atomic mass is 10.1. The first kappa shape index (κ1) is 22.7. The molecule has 1 aromatic rings. The second-order valence-corrected chi connectivity index (χ2v) is 7.57. The van der Waals surface area contributed by atoms with Crippen LogP contribution >= 0.6 is 0 Å². The fourth-order valence-electron chi connectivity index (χ4n) is 3.03. The minimum Gasteiger partial charge on any atom is -0.380 e. The van der Waals surface area contributed by atoms with Gasteiger partial charge in [0.2, 0.25) is 0 Å². The van der Waals surface area contributed by atoms with Crippen molar-refractivity contribution < 1.29 is 9.47 Å². The highest BCUT2D eigenvalue weighted by molar-refractivity contribution is 5.79. The van der Waals surface area contributed by atoms with E-state index in [1.807, 2.05) is 0 Å². The summed E-state index contributed by atoms with van der Waals surface area (Å²) < 4.78 is 11.1. The van der Waals surface area contributed by atoms with Crippen LogP contribution in [-0.2, 0) is 22.6 Å². The van der Waals surface area contributed by atoms with Gasteiger partial charge in [0.1, 0.15) is 0 Å². The number of hydrogen-bond donors (Lipinski definition) is 2. The van der Waals surface area contributed by atoms with Crippen molar-refractivity contribution in [3.05, 3.63) is 35.4 Å². The Morgan fingerprint density at radius 2 is 1.89 bits per heavy atom. The first-order chi connectivity index (χ1) is 13.7. The van der Waals surface area contributed by atoms with E-state index in [1.165, 1.54) is 11.1 Å². The standard InChI is InChI=1S/C22H38N4O2/c1-4-23-22(24-10-14-27-13-9-19(2)3)25-17-20-7-5-6-8-21(20)18-26-11-15-28-16-12-26/h5-8,19H,4,9-18H2,1-3H3,(H2,23,24,25). The van der Waals surface area contributed by atoms with Crippen LogP contribution in [0.25, 0.3) is 0 Å². The molecule has 0 unspecified atom stereocenters. The van der Waals surface area contributed by atoms with Crippen molar-refractivity contribution in [3.8, 4) is 0 Å². The van der Waals surface area contributed by atoms with E-state index in [9.17, 15) is 0 Å². The van der Waals surface area contributed by atoms with Crippen molar-refractivity contribution in [2.24, 2.45) is 10.9 Å². The Hall–Kier alpha value is -1.63. The summed E-state index contributed by atoms with van der Waals surface area (Å²) in [5.74, 6) is 1.53. The van der Waals surface area contributed by atoms with Gasteiger partial charge in [-0.2, -0.15) is 0 Å². The molecule has 0 aliphatic carbocycles. The largest absolute Gasteiger partial charge is 0.380 e. The van der Waals surface area contributed by atoms with Crippen molar-refractivity contribution in [3.63, 3.8) is 0 Å². The van der Waals surface area contributed by atoms with Crippen LogP contribution in [0.2, 0.25) is 0 Å². The van der Waals surface area contributed by atoms with Gasteiger partial charge in [0.25, 0.3) is 0 Å². The van der Waals surface area contributed by atoms with Gasteiger partial charge < -0.3 is 20.1 Å². The molecule has 0 bridgehead atoms. The van der Waals surface area contributed by atoms with E-state index in [2.05, 4.69) is 60.6 Å². The Balaban J connectivity index is 1.84. The van der Waals surface area contributed by atoms with E-state index >= 15 is 0 Å². The smallest absolute Gasteiger partial charge is 0.191 e. The second kappa shape index (κ2) is 13.5. The van der Waals surface area contributed by atoms with Gasteiger partial charge in [0.05, 0.1) is 26.4 Å². The molecule has 1 aliphatic rings. The summed E-state index contributed by atoms with van der Waals surface area (Å²) in [5.41, 5.74) is 2.63. The number of rotatable bonds is 11. The van der Waals surface area contributed by atoms with Crippen LogP contribution in [-0.4, -0.2) is 63.5 Å². The van der Waals surface area contributed by atoms with Crippen LogP contribution in [0, 0.1) is 5.92 Å². The van der Waals surface area contributed by atoms with Crippen molar-refractivity contribution in [2.75, 3.05) is 52.6 Å². The highest BCUT2D eigenvalue weighted by Gasteiger charge is 2.12. The molecule has 1 saturated heterocycles. The molecule has 28 heavy (non-hydrogen) atoms. The van der Waals surface area contributed by atoms with E-state index in [1.54, 1.807) is 0 Å². The fraction of sp³-hybridized carbons (Fsp3) is 0.682. The monoisotopic (exact) mass is 390 g/mol. The summed E-state index contributed by atoms with van der Waals surface area (Å²) in [6.45, 7) is 14.9. The molecule has 6 heteroatoms. The SMILES string of the molecule is CCNC(=NCc1ccccc1CN1CCOCC1)NCCOCCC(C)C. The van der Waals surface area contributed by atoms with Crippen LogP contribution in [0.5, 0.6) is 0 Å². The van der Waals surface area contributed by atoms with Gasteiger partial charge >= 0.3 is 0 Å². The zero-order chi connectivity index (χ0) is 20.0. The predicted molar refractivity (Wildman–Crippen MR) is 116 cm³/mol. The maximum absolute atomic E-state index is 5.68. The average Bonchev–Trinajstić information content (AvgIpc) is 2.70. The number of morpholine rings is 1. The van der Waals surface area contributed by atoms with Crippen LogP contribution in [0.15, 0.2) is 29.3 Å². The van der Waals surface area contributed by atoms with Crippen molar-refractivity contribution in [1.82, 2.24) is 15.5 Å². The number of nitrogens with zero attached hydrogens (tertiary/aromatic N) is 2. The molecule has 0 aromatic heterocycles. The molecule has 6 nitrogen and oxygen atoms in total. The first-order valence-corrected chi connectivity index (χ1v) is 10.7. The molecule has 1 aliphatic heterocycles. The third kappa shape index (κ3) is 9.04. The first-order valence-electron chi connectivity index (χ1n) is 10.7. The summed E-state index contributed by atoms with van der Waals surface area (Å²) >= 11 is 0. The molecule has 2 rings (SSSR count). The normalized spacial score (nSPS) is 15.8. The van der Waals surface area contributed by atoms with Crippen LogP contribution in [0.3, 0.4) is 0 Å². The topological polar surface area (TPSA) is 58.1 Å². The maximum atomic E-state index is 5.68. The van der Waals surface area contributed by atoms with Gasteiger partial charge in [-0.3, -0.25) is 4.90 Å². The van der Waals surface area contributed by atoms with Crippen LogP contribution < -0.4 is 10.6 Å². The van der Waals surface area contributed by atoms with E-state index in [-0.39, 0.29) is 0 Å². The molecule has 1 heterocycles. The third-order valence-corrected chi connectivity index (χ3v) is 4.75. The predicted octanol–water partition coefficient (Wildman–Crippen LogP) is 2.64. The van der Waals surface area contributed by atoms with E-state index < -0.39 is 0 Å². The molecular weight excluding hydrogens is 352 g/mol.